The lowest BCUT2D eigenvalue weighted by molar-refractivity contribution is -0.394. The molecule has 1 saturated carbocycles. The average molecular weight is 357 g/mol. The Kier molecular flexibility index (Phi) is 5.27. The minimum Gasteiger partial charge on any atom is -0.258 e. The third-order valence-electron chi connectivity index (χ3n) is 4.08. The molecule has 0 aliphatic heterocycles. The van der Waals surface area contributed by atoms with Gasteiger partial charge in [-0.05, 0) is 37.7 Å². The van der Waals surface area contributed by atoms with Crippen LogP contribution in [0.1, 0.15) is 37.7 Å². The second kappa shape index (κ2) is 6.98. The van der Waals surface area contributed by atoms with Crippen molar-refractivity contribution in [2.24, 2.45) is 5.92 Å². The van der Waals surface area contributed by atoms with Gasteiger partial charge in [-0.25, -0.2) is 0 Å². The van der Waals surface area contributed by atoms with E-state index in [9.17, 15) is 20.2 Å². The summed E-state index contributed by atoms with van der Waals surface area (Å²) in [6, 6.07) is 3.89. The molecule has 21 heavy (non-hydrogen) atoms. The molecule has 1 unspecified atom stereocenters. The summed E-state index contributed by atoms with van der Waals surface area (Å²) in [6.45, 7) is 0. The highest BCUT2D eigenvalue weighted by Crippen LogP contribution is 2.34. The number of benzene rings is 1. The Bertz CT molecular complexity index is 544. The molecule has 0 heterocycles. The number of halogens is 1. The van der Waals surface area contributed by atoms with Gasteiger partial charge in [0, 0.05) is 16.5 Å². The Morgan fingerprint density at radius 3 is 2.43 bits per heavy atom. The lowest BCUT2D eigenvalue weighted by Gasteiger charge is -2.16. The summed E-state index contributed by atoms with van der Waals surface area (Å²) in [5, 5.41) is 21.8. The Morgan fingerprint density at radius 1 is 1.19 bits per heavy atom. The van der Waals surface area contributed by atoms with Gasteiger partial charge in [0.25, 0.3) is 11.4 Å². The minimum absolute atomic E-state index is 0.157. The lowest BCUT2D eigenvalue weighted by Crippen LogP contribution is -2.12. The van der Waals surface area contributed by atoms with Crippen molar-refractivity contribution >= 4 is 27.3 Å². The molecule has 1 fully saturated rings. The van der Waals surface area contributed by atoms with Gasteiger partial charge in [0.1, 0.15) is 0 Å². The maximum Gasteiger partial charge on any atom is 0.279 e. The molecular formula is C14H17BrN2O4. The quantitative estimate of drug-likeness (QED) is 0.429. The highest BCUT2D eigenvalue weighted by molar-refractivity contribution is 9.09. The summed E-state index contributed by atoms with van der Waals surface area (Å²) >= 11 is 3.68. The van der Waals surface area contributed by atoms with Crippen molar-refractivity contribution < 1.29 is 9.85 Å². The van der Waals surface area contributed by atoms with Crippen LogP contribution in [0.25, 0.3) is 0 Å². The van der Waals surface area contributed by atoms with Crippen LogP contribution in [-0.4, -0.2) is 14.7 Å². The zero-order valence-electron chi connectivity index (χ0n) is 11.5. The number of alkyl halides is 1. The third-order valence-corrected chi connectivity index (χ3v) is 5.28. The molecule has 7 heteroatoms. The van der Waals surface area contributed by atoms with Crippen LogP contribution in [-0.2, 0) is 6.42 Å². The summed E-state index contributed by atoms with van der Waals surface area (Å²) in [5.74, 6) is 0.641. The van der Waals surface area contributed by atoms with E-state index in [0.717, 1.165) is 12.5 Å². The fourth-order valence-corrected chi connectivity index (χ4v) is 3.65. The minimum atomic E-state index is -0.609. The van der Waals surface area contributed by atoms with Crippen LogP contribution < -0.4 is 0 Å². The Balaban J connectivity index is 2.08. The molecule has 1 atom stereocenters. The highest BCUT2D eigenvalue weighted by atomic mass is 79.9. The van der Waals surface area contributed by atoms with Gasteiger partial charge in [-0.15, -0.1) is 0 Å². The van der Waals surface area contributed by atoms with E-state index < -0.39 is 9.85 Å². The molecule has 0 bridgehead atoms. The van der Waals surface area contributed by atoms with E-state index in [4.69, 9.17) is 0 Å². The summed E-state index contributed by atoms with van der Waals surface area (Å²) < 4.78 is 0. The zero-order chi connectivity index (χ0) is 15.4. The number of rotatable bonds is 6. The van der Waals surface area contributed by atoms with E-state index in [1.807, 2.05) is 0 Å². The molecule has 1 aromatic rings. The van der Waals surface area contributed by atoms with Crippen LogP contribution >= 0.6 is 15.9 Å². The topological polar surface area (TPSA) is 86.3 Å². The molecule has 1 aromatic carbocycles. The van der Waals surface area contributed by atoms with Gasteiger partial charge in [-0.1, -0.05) is 28.8 Å². The van der Waals surface area contributed by atoms with E-state index in [1.165, 1.54) is 37.8 Å². The van der Waals surface area contributed by atoms with Gasteiger partial charge in [-0.3, -0.25) is 20.2 Å². The summed E-state index contributed by atoms with van der Waals surface area (Å²) in [7, 11) is 0. The second-order valence-corrected chi connectivity index (χ2v) is 6.60. The molecular weight excluding hydrogens is 340 g/mol. The fraction of sp³-hybridized carbons (Fsp3) is 0.571. The molecule has 1 aliphatic rings. The molecule has 0 spiro atoms. The number of non-ortho nitro benzene ring substituents is 1. The van der Waals surface area contributed by atoms with Crippen molar-refractivity contribution in [2.75, 3.05) is 0 Å². The number of nitrogens with zero attached hydrogens (tertiary/aromatic N) is 2. The molecule has 6 nitrogen and oxygen atoms in total. The van der Waals surface area contributed by atoms with E-state index in [-0.39, 0.29) is 11.4 Å². The number of hydrogen-bond acceptors (Lipinski definition) is 4. The highest BCUT2D eigenvalue weighted by Gasteiger charge is 2.24. The van der Waals surface area contributed by atoms with Gasteiger partial charge in [0.05, 0.1) is 15.9 Å². The molecule has 0 amide bonds. The van der Waals surface area contributed by atoms with Crippen molar-refractivity contribution in [3.8, 4) is 0 Å². The number of aryl methyl sites for hydroxylation is 1. The first-order valence-corrected chi connectivity index (χ1v) is 7.96. The number of hydrogen-bond donors (Lipinski definition) is 0. The smallest absolute Gasteiger partial charge is 0.258 e. The predicted molar refractivity (Wildman–Crippen MR) is 82.7 cm³/mol. The second-order valence-electron chi connectivity index (χ2n) is 5.43. The van der Waals surface area contributed by atoms with Crippen molar-refractivity contribution in [3.63, 3.8) is 0 Å². The number of nitro benzene ring substituents is 2. The SMILES string of the molecule is O=[N+]([O-])c1ccc(CCC(Br)C2CCCC2)c([N+](=O)[O-])c1. The standard InChI is InChI=1S/C14H17BrN2O4/c15-13(10-3-1-2-4-10)8-6-11-5-7-12(16(18)19)9-14(11)17(20)21/h5,7,9-10,13H,1-4,6,8H2. The van der Waals surface area contributed by atoms with Crippen LogP contribution in [0.5, 0.6) is 0 Å². The Hall–Kier alpha value is -1.50. The van der Waals surface area contributed by atoms with Crippen LogP contribution in [0, 0.1) is 26.1 Å². The fourth-order valence-electron chi connectivity index (χ4n) is 2.90. The van der Waals surface area contributed by atoms with E-state index >= 15 is 0 Å². The molecule has 0 N–H and O–H groups in total. The molecule has 2 rings (SSSR count). The van der Waals surface area contributed by atoms with Gasteiger partial charge in [0.15, 0.2) is 0 Å². The third kappa shape index (κ3) is 4.00. The summed E-state index contributed by atoms with van der Waals surface area (Å²) in [4.78, 5) is 21.0. The first-order valence-electron chi connectivity index (χ1n) is 7.05. The Morgan fingerprint density at radius 2 is 1.86 bits per heavy atom. The van der Waals surface area contributed by atoms with Crippen LogP contribution in [0.2, 0.25) is 0 Å². The van der Waals surface area contributed by atoms with Gasteiger partial charge < -0.3 is 0 Å². The first-order chi connectivity index (χ1) is 9.99. The molecule has 0 radical (unpaired) electrons. The summed E-state index contributed by atoms with van der Waals surface area (Å²) in [5.41, 5.74) is 0.167. The average Bonchev–Trinajstić information content (AvgIpc) is 2.98. The first kappa shape index (κ1) is 15.9. The van der Waals surface area contributed by atoms with Gasteiger partial charge in [-0.2, -0.15) is 0 Å². The predicted octanol–water partition coefficient (Wildman–Crippen LogP) is 4.39. The van der Waals surface area contributed by atoms with E-state index in [0.29, 0.717) is 22.7 Å². The van der Waals surface area contributed by atoms with Gasteiger partial charge in [0.2, 0.25) is 0 Å². The van der Waals surface area contributed by atoms with Gasteiger partial charge >= 0.3 is 0 Å². The molecule has 0 aromatic heterocycles. The normalized spacial score (nSPS) is 16.8. The largest absolute Gasteiger partial charge is 0.279 e. The zero-order valence-corrected chi connectivity index (χ0v) is 13.1. The van der Waals surface area contributed by atoms with Crippen LogP contribution in [0.3, 0.4) is 0 Å². The van der Waals surface area contributed by atoms with E-state index in [2.05, 4.69) is 15.9 Å². The molecule has 1 aliphatic carbocycles. The Labute approximate surface area is 131 Å². The maximum absolute atomic E-state index is 11.1. The van der Waals surface area contributed by atoms with Crippen LogP contribution in [0.4, 0.5) is 11.4 Å². The molecule has 0 saturated heterocycles. The monoisotopic (exact) mass is 356 g/mol. The van der Waals surface area contributed by atoms with Crippen LogP contribution in [0.15, 0.2) is 18.2 Å². The summed E-state index contributed by atoms with van der Waals surface area (Å²) in [6.07, 6.45) is 6.29. The van der Waals surface area contributed by atoms with Crippen molar-refractivity contribution in [2.45, 2.75) is 43.4 Å². The lowest BCUT2D eigenvalue weighted by atomic mass is 9.97. The van der Waals surface area contributed by atoms with Crippen molar-refractivity contribution in [1.29, 1.82) is 0 Å². The van der Waals surface area contributed by atoms with Crippen molar-refractivity contribution in [1.82, 2.24) is 0 Å². The number of nitro groups is 2. The molecule has 114 valence electrons. The maximum atomic E-state index is 11.1. The van der Waals surface area contributed by atoms with Crippen molar-refractivity contribution in [3.05, 3.63) is 44.0 Å². The van der Waals surface area contributed by atoms with E-state index in [1.54, 1.807) is 0 Å².